The van der Waals surface area contributed by atoms with E-state index in [0.717, 1.165) is 25.3 Å². The average Bonchev–Trinajstić information content (AvgIpc) is 2.43. The summed E-state index contributed by atoms with van der Waals surface area (Å²) in [5, 5.41) is 11.5. The molecule has 0 aromatic rings. The second-order valence-electron chi connectivity index (χ2n) is 6.75. The lowest BCUT2D eigenvalue weighted by Gasteiger charge is -2.23. The van der Waals surface area contributed by atoms with Crippen LogP contribution >= 0.6 is 12.6 Å². The van der Waals surface area contributed by atoms with E-state index in [1.165, 1.54) is 19.3 Å². The number of nitrogens with one attached hydrogen (secondary N) is 4. The monoisotopic (exact) mass is 346 g/mol. The van der Waals surface area contributed by atoms with E-state index in [4.69, 9.17) is 0 Å². The lowest BCUT2D eigenvalue weighted by Crippen LogP contribution is -2.53. The molecule has 1 unspecified atom stereocenters. The first kappa shape index (κ1) is 22.1. The molecule has 0 saturated carbocycles. The number of urea groups is 1. The molecule has 1 atom stereocenters. The van der Waals surface area contributed by atoms with Crippen LogP contribution in [0, 0.1) is 0 Å². The van der Waals surface area contributed by atoms with Gasteiger partial charge in [0.05, 0.1) is 0 Å². The Hall–Kier alpha value is -0.950. The highest BCUT2D eigenvalue weighted by atomic mass is 32.1. The molecule has 6 nitrogen and oxygen atoms in total. The third-order valence-electron chi connectivity index (χ3n) is 3.09. The molecule has 0 rings (SSSR count). The standard InChI is InChI=1S/C16H34N4O2S/c1-13(14(21)20-16(2,3)4)19-15(22)18-11-10-17-9-7-5-6-8-12-23/h13,17,23H,5-12H2,1-4H3,(H,20,21)(H2,18,19,22). The van der Waals surface area contributed by atoms with E-state index in [-0.39, 0.29) is 17.5 Å². The number of hydrogen-bond acceptors (Lipinski definition) is 4. The Balaban J connectivity index is 3.62. The molecule has 0 aromatic heterocycles. The van der Waals surface area contributed by atoms with Crippen molar-refractivity contribution in [3.05, 3.63) is 0 Å². The summed E-state index contributed by atoms with van der Waals surface area (Å²) in [6.07, 6.45) is 4.75. The molecule has 23 heavy (non-hydrogen) atoms. The minimum absolute atomic E-state index is 0.188. The maximum absolute atomic E-state index is 11.8. The van der Waals surface area contributed by atoms with Gasteiger partial charge in [0, 0.05) is 18.6 Å². The molecule has 0 fully saturated rings. The van der Waals surface area contributed by atoms with Gasteiger partial charge in [-0.2, -0.15) is 12.6 Å². The third-order valence-corrected chi connectivity index (χ3v) is 3.40. The van der Waals surface area contributed by atoms with Crippen molar-refractivity contribution in [2.24, 2.45) is 0 Å². The van der Waals surface area contributed by atoms with Crippen molar-refractivity contribution >= 4 is 24.6 Å². The minimum atomic E-state index is -0.561. The zero-order valence-corrected chi connectivity index (χ0v) is 15.9. The van der Waals surface area contributed by atoms with E-state index >= 15 is 0 Å². The van der Waals surface area contributed by atoms with Gasteiger partial charge < -0.3 is 21.3 Å². The average molecular weight is 347 g/mol. The van der Waals surface area contributed by atoms with Crippen LogP contribution in [0.2, 0.25) is 0 Å². The van der Waals surface area contributed by atoms with E-state index in [1.807, 2.05) is 20.8 Å². The Morgan fingerprint density at radius 1 is 1.00 bits per heavy atom. The summed E-state index contributed by atoms with van der Waals surface area (Å²) < 4.78 is 0. The first-order valence-electron chi connectivity index (χ1n) is 8.44. The van der Waals surface area contributed by atoms with Crippen LogP contribution in [0.1, 0.15) is 53.4 Å². The summed E-state index contributed by atoms with van der Waals surface area (Å²) in [7, 11) is 0. The normalized spacial score (nSPS) is 12.6. The minimum Gasteiger partial charge on any atom is -0.350 e. The second kappa shape index (κ2) is 12.5. The molecule has 0 bridgehead atoms. The fourth-order valence-corrected chi connectivity index (χ4v) is 2.12. The maximum atomic E-state index is 11.8. The van der Waals surface area contributed by atoms with Crippen molar-refractivity contribution in [1.82, 2.24) is 21.3 Å². The smallest absolute Gasteiger partial charge is 0.315 e. The van der Waals surface area contributed by atoms with Crippen LogP contribution < -0.4 is 21.3 Å². The van der Waals surface area contributed by atoms with Gasteiger partial charge >= 0.3 is 6.03 Å². The van der Waals surface area contributed by atoms with E-state index in [1.54, 1.807) is 6.92 Å². The van der Waals surface area contributed by atoms with Gasteiger partial charge in [-0.1, -0.05) is 12.8 Å². The van der Waals surface area contributed by atoms with Gasteiger partial charge in [-0.15, -0.1) is 0 Å². The Bertz CT molecular complexity index is 345. The summed E-state index contributed by atoms with van der Waals surface area (Å²) in [4.78, 5) is 23.5. The van der Waals surface area contributed by atoms with E-state index in [9.17, 15) is 9.59 Å². The first-order valence-corrected chi connectivity index (χ1v) is 9.07. The highest BCUT2D eigenvalue weighted by Crippen LogP contribution is 2.00. The molecule has 0 aliphatic rings. The predicted octanol–water partition coefficient (Wildman–Crippen LogP) is 1.67. The van der Waals surface area contributed by atoms with Crippen LogP contribution in [0.4, 0.5) is 4.79 Å². The first-order chi connectivity index (χ1) is 10.8. The lowest BCUT2D eigenvalue weighted by atomic mass is 10.1. The molecule has 0 heterocycles. The van der Waals surface area contributed by atoms with Gasteiger partial charge in [0.2, 0.25) is 5.91 Å². The number of carbonyl (C=O) groups excluding carboxylic acids is 2. The third kappa shape index (κ3) is 14.4. The van der Waals surface area contributed by atoms with Gasteiger partial charge in [-0.05, 0) is 52.8 Å². The molecule has 0 saturated heterocycles. The summed E-state index contributed by atoms with van der Waals surface area (Å²) in [6, 6.07) is -0.883. The summed E-state index contributed by atoms with van der Waals surface area (Å²) >= 11 is 4.18. The molecule has 136 valence electrons. The van der Waals surface area contributed by atoms with Crippen molar-refractivity contribution < 1.29 is 9.59 Å². The topological polar surface area (TPSA) is 82.3 Å². The predicted molar refractivity (Wildman–Crippen MR) is 99.1 cm³/mol. The maximum Gasteiger partial charge on any atom is 0.315 e. The van der Waals surface area contributed by atoms with Crippen molar-refractivity contribution in [3.63, 3.8) is 0 Å². The molecule has 3 amide bonds. The quantitative estimate of drug-likeness (QED) is 0.291. The van der Waals surface area contributed by atoms with Crippen LogP contribution in [0.15, 0.2) is 0 Å². The van der Waals surface area contributed by atoms with Gasteiger partial charge in [0.25, 0.3) is 0 Å². The van der Waals surface area contributed by atoms with Gasteiger partial charge in [-0.3, -0.25) is 4.79 Å². The fraction of sp³-hybridized carbons (Fsp3) is 0.875. The van der Waals surface area contributed by atoms with Gasteiger partial charge in [0.15, 0.2) is 0 Å². The number of amides is 3. The number of hydrogen-bond donors (Lipinski definition) is 5. The number of rotatable bonds is 11. The van der Waals surface area contributed by atoms with Gasteiger partial charge in [0.1, 0.15) is 6.04 Å². The van der Waals surface area contributed by atoms with Crippen molar-refractivity contribution in [2.45, 2.75) is 65.0 Å². The van der Waals surface area contributed by atoms with Crippen LogP contribution in [0.5, 0.6) is 0 Å². The van der Waals surface area contributed by atoms with E-state index in [0.29, 0.717) is 6.54 Å². The molecule has 0 aliphatic carbocycles. The highest BCUT2D eigenvalue weighted by Gasteiger charge is 2.20. The van der Waals surface area contributed by atoms with Crippen LogP contribution in [0.3, 0.4) is 0 Å². The molecule has 4 N–H and O–H groups in total. The van der Waals surface area contributed by atoms with Gasteiger partial charge in [-0.25, -0.2) is 4.79 Å². The Kier molecular flexibility index (Phi) is 12.0. The molecular formula is C16H34N4O2S. The zero-order valence-electron chi connectivity index (χ0n) is 15.0. The number of carbonyl (C=O) groups is 2. The van der Waals surface area contributed by atoms with E-state index < -0.39 is 6.04 Å². The summed E-state index contributed by atoms with van der Waals surface area (Å²) in [5.74, 6) is 0.769. The van der Waals surface area contributed by atoms with E-state index in [2.05, 4.69) is 33.9 Å². The summed E-state index contributed by atoms with van der Waals surface area (Å²) in [6.45, 7) is 9.61. The molecule has 0 aromatic carbocycles. The molecule has 0 aliphatic heterocycles. The number of unbranched alkanes of at least 4 members (excludes halogenated alkanes) is 3. The van der Waals surface area contributed by atoms with Crippen LogP contribution in [-0.2, 0) is 4.79 Å². The Morgan fingerprint density at radius 2 is 1.65 bits per heavy atom. The van der Waals surface area contributed by atoms with Crippen LogP contribution in [0.25, 0.3) is 0 Å². The zero-order chi connectivity index (χ0) is 17.7. The fourth-order valence-electron chi connectivity index (χ4n) is 1.90. The molecular weight excluding hydrogens is 312 g/mol. The lowest BCUT2D eigenvalue weighted by molar-refractivity contribution is -0.123. The summed E-state index contributed by atoms with van der Waals surface area (Å²) in [5.41, 5.74) is -0.305. The largest absolute Gasteiger partial charge is 0.350 e. The Labute approximate surface area is 146 Å². The number of thiol groups is 1. The van der Waals surface area contributed by atoms with Crippen LogP contribution in [-0.4, -0.2) is 48.9 Å². The Morgan fingerprint density at radius 3 is 2.26 bits per heavy atom. The molecule has 0 spiro atoms. The molecule has 0 radical (unpaired) electrons. The van der Waals surface area contributed by atoms with Crippen molar-refractivity contribution in [3.8, 4) is 0 Å². The highest BCUT2D eigenvalue weighted by molar-refractivity contribution is 7.80. The van der Waals surface area contributed by atoms with Crippen molar-refractivity contribution in [2.75, 3.05) is 25.4 Å². The second-order valence-corrected chi connectivity index (χ2v) is 7.20. The van der Waals surface area contributed by atoms with Crippen molar-refractivity contribution in [1.29, 1.82) is 0 Å². The SMILES string of the molecule is CC(NC(=O)NCCNCCCCCCS)C(=O)NC(C)(C)C. The molecule has 7 heteroatoms.